The SMILES string of the molecule is Cl.Cl.O=C1C(N2CCNCC2)CCCN1c1ccc(OC(F)F)cc1. The molecule has 1 unspecified atom stereocenters. The number of nitrogens with zero attached hydrogens (tertiary/aromatic N) is 2. The van der Waals surface area contributed by atoms with Crippen LogP contribution in [0.1, 0.15) is 12.8 Å². The highest BCUT2D eigenvalue weighted by molar-refractivity contribution is 5.98. The van der Waals surface area contributed by atoms with E-state index in [1.165, 1.54) is 12.1 Å². The molecule has 1 atom stereocenters. The highest BCUT2D eigenvalue weighted by Gasteiger charge is 2.34. The number of amides is 1. The van der Waals surface area contributed by atoms with E-state index in [9.17, 15) is 13.6 Å². The molecule has 3 rings (SSSR count). The van der Waals surface area contributed by atoms with Gasteiger partial charge >= 0.3 is 6.61 Å². The van der Waals surface area contributed by atoms with E-state index in [4.69, 9.17) is 0 Å². The number of hydrogen-bond donors (Lipinski definition) is 1. The van der Waals surface area contributed by atoms with E-state index >= 15 is 0 Å². The monoisotopic (exact) mass is 397 g/mol. The van der Waals surface area contributed by atoms with Crippen LogP contribution in [0.3, 0.4) is 0 Å². The molecule has 1 aromatic carbocycles. The fourth-order valence-corrected chi connectivity index (χ4v) is 3.25. The summed E-state index contributed by atoms with van der Waals surface area (Å²) in [6.07, 6.45) is 1.82. The molecule has 5 nitrogen and oxygen atoms in total. The van der Waals surface area contributed by atoms with Gasteiger partial charge in [-0.1, -0.05) is 0 Å². The number of anilines is 1. The number of benzene rings is 1. The maximum atomic E-state index is 12.8. The number of nitrogens with one attached hydrogen (secondary N) is 1. The Morgan fingerprint density at radius 3 is 2.32 bits per heavy atom. The van der Waals surface area contributed by atoms with Gasteiger partial charge in [0.2, 0.25) is 5.91 Å². The Hall–Kier alpha value is -1.15. The summed E-state index contributed by atoms with van der Waals surface area (Å²) in [6.45, 7) is 1.40. The second-order valence-electron chi connectivity index (χ2n) is 5.81. The maximum Gasteiger partial charge on any atom is 0.387 e. The number of ether oxygens (including phenoxy) is 1. The van der Waals surface area contributed by atoms with E-state index in [0.717, 1.165) is 44.7 Å². The number of alkyl halides is 2. The highest BCUT2D eigenvalue weighted by atomic mass is 35.5. The van der Waals surface area contributed by atoms with Gasteiger partial charge in [-0.3, -0.25) is 9.69 Å². The summed E-state index contributed by atoms with van der Waals surface area (Å²) in [6, 6.07) is 6.19. The lowest BCUT2D eigenvalue weighted by atomic mass is 10.0. The predicted molar refractivity (Wildman–Crippen MR) is 97.4 cm³/mol. The number of piperidine rings is 1. The van der Waals surface area contributed by atoms with Crippen LogP contribution in [0.4, 0.5) is 14.5 Å². The van der Waals surface area contributed by atoms with Gasteiger partial charge in [0.05, 0.1) is 6.04 Å². The number of rotatable bonds is 4. The van der Waals surface area contributed by atoms with Crippen molar-refractivity contribution in [1.82, 2.24) is 10.2 Å². The van der Waals surface area contributed by atoms with Crippen LogP contribution in [-0.4, -0.2) is 56.2 Å². The van der Waals surface area contributed by atoms with Gasteiger partial charge in [0.15, 0.2) is 0 Å². The van der Waals surface area contributed by atoms with Crippen LogP contribution in [-0.2, 0) is 4.79 Å². The van der Waals surface area contributed by atoms with Crippen molar-refractivity contribution >= 4 is 36.4 Å². The van der Waals surface area contributed by atoms with E-state index in [0.29, 0.717) is 6.54 Å². The van der Waals surface area contributed by atoms with E-state index in [-0.39, 0.29) is 42.5 Å². The summed E-state index contributed by atoms with van der Waals surface area (Å²) in [5.41, 5.74) is 0.733. The summed E-state index contributed by atoms with van der Waals surface area (Å²) in [7, 11) is 0. The Kier molecular flexibility index (Phi) is 8.85. The Bertz CT molecular complexity index is 543. The second-order valence-corrected chi connectivity index (χ2v) is 5.81. The standard InChI is InChI=1S/C16H21F2N3O2.2ClH/c17-16(18)23-13-5-3-12(4-6-13)21-9-1-2-14(15(21)22)20-10-7-19-8-11-20;;/h3-6,14,16,19H,1-2,7-11H2;2*1H. The minimum absolute atomic E-state index is 0. The van der Waals surface area contributed by atoms with Crippen LogP contribution in [0, 0.1) is 0 Å². The highest BCUT2D eigenvalue weighted by Crippen LogP contribution is 2.26. The predicted octanol–water partition coefficient (Wildman–Crippen LogP) is 2.53. The average Bonchev–Trinajstić information content (AvgIpc) is 2.56. The van der Waals surface area contributed by atoms with Crippen LogP contribution < -0.4 is 15.0 Å². The lowest BCUT2D eigenvalue weighted by Crippen LogP contribution is -2.57. The zero-order chi connectivity index (χ0) is 16.2. The molecule has 142 valence electrons. The molecule has 1 N–H and O–H groups in total. The zero-order valence-corrected chi connectivity index (χ0v) is 15.3. The Morgan fingerprint density at radius 1 is 1.08 bits per heavy atom. The van der Waals surface area contributed by atoms with Gasteiger partial charge in [-0.05, 0) is 37.1 Å². The fraction of sp³-hybridized carbons (Fsp3) is 0.562. The molecule has 0 saturated carbocycles. The first-order valence-corrected chi connectivity index (χ1v) is 7.96. The van der Waals surface area contributed by atoms with E-state index in [1.54, 1.807) is 17.0 Å². The molecule has 25 heavy (non-hydrogen) atoms. The number of carbonyl (C=O) groups is 1. The molecule has 0 aliphatic carbocycles. The van der Waals surface area contributed by atoms with E-state index in [1.807, 2.05) is 0 Å². The van der Waals surface area contributed by atoms with Gasteiger partial charge in [-0.25, -0.2) is 0 Å². The molecule has 2 saturated heterocycles. The quantitative estimate of drug-likeness (QED) is 0.847. The summed E-state index contributed by atoms with van der Waals surface area (Å²) < 4.78 is 28.7. The minimum atomic E-state index is -2.84. The smallest absolute Gasteiger partial charge is 0.387 e. The first kappa shape index (κ1) is 21.9. The Labute approximate surface area is 158 Å². The third-order valence-corrected chi connectivity index (χ3v) is 4.38. The van der Waals surface area contributed by atoms with Gasteiger partial charge < -0.3 is 15.0 Å². The summed E-state index contributed by atoms with van der Waals surface area (Å²) in [5.74, 6) is 0.201. The van der Waals surface area contributed by atoms with E-state index in [2.05, 4.69) is 15.0 Å². The number of halogens is 4. The van der Waals surface area contributed by atoms with Crippen molar-refractivity contribution in [2.45, 2.75) is 25.5 Å². The molecule has 0 spiro atoms. The van der Waals surface area contributed by atoms with Gasteiger partial charge in [-0.2, -0.15) is 8.78 Å². The van der Waals surface area contributed by atoms with Crippen molar-refractivity contribution in [2.24, 2.45) is 0 Å². The Morgan fingerprint density at radius 2 is 1.72 bits per heavy atom. The zero-order valence-electron chi connectivity index (χ0n) is 13.7. The number of carbonyl (C=O) groups excluding carboxylic acids is 1. The van der Waals surface area contributed by atoms with Crippen molar-refractivity contribution in [3.63, 3.8) is 0 Å². The molecule has 0 radical (unpaired) electrons. The van der Waals surface area contributed by atoms with Gasteiger partial charge in [0.1, 0.15) is 5.75 Å². The van der Waals surface area contributed by atoms with Crippen LogP contribution in [0.15, 0.2) is 24.3 Å². The van der Waals surface area contributed by atoms with Crippen LogP contribution in [0.5, 0.6) is 5.75 Å². The molecule has 9 heteroatoms. The van der Waals surface area contributed by atoms with Crippen molar-refractivity contribution in [1.29, 1.82) is 0 Å². The second kappa shape index (κ2) is 10.1. The number of piperazine rings is 1. The van der Waals surface area contributed by atoms with Crippen LogP contribution >= 0.6 is 24.8 Å². The number of hydrogen-bond acceptors (Lipinski definition) is 4. The topological polar surface area (TPSA) is 44.8 Å². The first-order chi connectivity index (χ1) is 11.1. The lowest BCUT2D eigenvalue weighted by molar-refractivity contribution is -0.125. The summed E-state index contributed by atoms with van der Waals surface area (Å²) in [5, 5.41) is 3.29. The average molecular weight is 398 g/mol. The van der Waals surface area contributed by atoms with Crippen molar-refractivity contribution in [2.75, 3.05) is 37.6 Å². The molecule has 0 bridgehead atoms. The van der Waals surface area contributed by atoms with Crippen molar-refractivity contribution in [3.8, 4) is 5.75 Å². The molecule has 1 aromatic rings. The molecule has 2 heterocycles. The van der Waals surface area contributed by atoms with Crippen molar-refractivity contribution < 1.29 is 18.3 Å². The molecule has 2 aliphatic rings. The van der Waals surface area contributed by atoms with E-state index < -0.39 is 6.61 Å². The molecular weight excluding hydrogens is 375 g/mol. The third kappa shape index (κ3) is 5.41. The van der Waals surface area contributed by atoms with Gasteiger partial charge in [0.25, 0.3) is 0 Å². The third-order valence-electron chi connectivity index (χ3n) is 4.38. The van der Waals surface area contributed by atoms with Crippen LogP contribution in [0.2, 0.25) is 0 Å². The lowest BCUT2D eigenvalue weighted by Gasteiger charge is -2.40. The van der Waals surface area contributed by atoms with Gasteiger partial charge in [-0.15, -0.1) is 24.8 Å². The fourth-order valence-electron chi connectivity index (χ4n) is 3.25. The van der Waals surface area contributed by atoms with Gasteiger partial charge in [0, 0.05) is 38.4 Å². The minimum Gasteiger partial charge on any atom is -0.435 e. The molecule has 2 fully saturated rings. The summed E-state index contributed by atoms with van der Waals surface area (Å²) in [4.78, 5) is 16.8. The van der Waals surface area contributed by atoms with Crippen molar-refractivity contribution in [3.05, 3.63) is 24.3 Å². The molecular formula is C16H23Cl2F2N3O2. The normalized spacial score (nSPS) is 21.5. The summed E-state index contributed by atoms with van der Waals surface area (Å²) >= 11 is 0. The first-order valence-electron chi connectivity index (χ1n) is 7.96. The maximum absolute atomic E-state index is 12.8. The largest absolute Gasteiger partial charge is 0.435 e. The van der Waals surface area contributed by atoms with Crippen LogP contribution in [0.25, 0.3) is 0 Å². The molecule has 0 aromatic heterocycles. The molecule has 1 amide bonds. The Balaban J connectivity index is 0.00000156. The molecule has 2 aliphatic heterocycles.